The van der Waals surface area contributed by atoms with Gasteiger partial charge in [-0.15, -0.1) is 0 Å². The maximum Gasteiger partial charge on any atom is 0.0562 e. The second-order valence-electron chi connectivity index (χ2n) is 14.9. The van der Waals surface area contributed by atoms with Crippen molar-refractivity contribution >= 4 is 71.2 Å². The molecule has 10 aromatic carbocycles. The summed E-state index contributed by atoms with van der Waals surface area (Å²) in [6.07, 6.45) is 0. The van der Waals surface area contributed by atoms with Crippen LogP contribution in [-0.4, -0.2) is 4.57 Å². The van der Waals surface area contributed by atoms with Gasteiger partial charge in [-0.05, 0) is 115 Å². The number of rotatable bonds is 5. The summed E-state index contributed by atoms with van der Waals surface area (Å²) in [4.78, 5) is 2.44. The SMILES string of the molecule is c1ccc(-c2ccccc2-n2c3ccccc3c3ccc(N(c4ccc5c(c4)-c4cccc6cc7ccccc7c-5c46)c4ccc5ccccc5c4)cc32)cc1. The van der Waals surface area contributed by atoms with Gasteiger partial charge in [0, 0.05) is 33.4 Å². The molecule has 0 unspecified atom stereocenters. The monoisotopic (exact) mass is 710 g/mol. The van der Waals surface area contributed by atoms with E-state index in [4.69, 9.17) is 0 Å². The number of aromatic nitrogens is 1. The molecule has 11 aromatic rings. The summed E-state index contributed by atoms with van der Waals surface area (Å²) in [6.45, 7) is 0. The first kappa shape index (κ1) is 31.0. The first-order valence-corrected chi connectivity index (χ1v) is 19.3. The van der Waals surface area contributed by atoms with Crippen LogP contribution in [0.15, 0.2) is 206 Å². The number of nitrogens with zero attached hydrogens (tertiary/aromatic N) is 2. The zero-order chi connectivity index (χ0) is 36.7. The normalized spacial score (nSPS) is 11.9. The lowest BCUT2D eigenvalue weighted by Gasteiger charge is -2.27. The van der Waals surface area contributed by atoms with Gasteiger partial charge in [0.25, 0.3) is 0 Å². The number of fused-ring (bicyclic) bond motifs is 9. The van der Waals surface area contributed by atoms with Crippen molar-refractivity contribution in [1.29, 1.82) is 0 Å². The van der Waals surface area contributed by atoms with Crippen molar-refractivity contribution in [2.24, 2.45) is 0 Å². The molecular formula is C54H34N2. The Morgan fingerprint density at radius 2 is 0.964 bits per heavy atom. The highest BCUT2D eigenvalue weighted by Gasteiger charge is 2.26. The van der Waals surface area contributed by atoms with E-state index in [1.165, 1.54) is 87.5 Å². The van der Waals surface area contributed by atoms with Gasteiger partial charge in [0.2, 0.25) is 0 Å². The Bertz CT molecular complexity index is 3370. The lowest BCUT2D eigenvalue weighted by Crippen LogP contribution is -2.10. The summed E-state index contributed by atoms with van der Waals surface area (Å²) >= 11 is 0. The Morgan fingerprint density at radius 3 is 1.88 bits per heavy atom. The highest BCUT2D eigenvalue weighted by atomic mass is 15.1. The molecule has 56 heavy (non-hydrogen) atoms. The maximum atomic E-state index is 2.46. The molecule has 1 aliphatic rings. The van der Waals surface area contributed by atoms with Crippen LogP contribution >= 0.6 is 0 Å². The minimum Gasteiger partial charge on any atom is -0.310 e. The van der Waals surface area contributed by atoms with E-state index < -0.39 is 0 Å². The topological polar surface area (TPSA) is 8.17 Å². The van der Waals surface area contributed by atoms with E-state index in [0.29, 0.717) is 0 Å². The minimum absolute atomic E-state index is 1.10. The Hall–Kier alpha value is -7.42. The van der Waals surface area contributed by atoms with Crippen molar-refractivity contribution in [2.45, 2.75) is 0 Å². The predicted molar refractivity (Wildman–Crippen MR) is 238 cm³/mol. The van der Waals surface area contributed by atoms with Gasteiger partial charge in [0.15, 0.2) is 0 Å². The molecule has 1 aromatic heterocycles. The first-order valence-electron chi connectivity index (χ1n) is 19.3. The molecular weight excluding hydrogens is 677 g/mol. The van der Waals surface area contributed by atoms with Crippen LogP contribution in [0.1, 0.15) is 0 Å². The number of hydrogen-bond acceptors (Lipinski definition) is 1. The van der Waals surface area contributed by atoms with E-state index in [1.54, 1.807) is 0 Å². The van der Waals surface area contributed by atoms with Gasteiger partial charge >= 0.3 is 0 Å². The van der Waals surface area contributed by atoms with Crippen LogP contribution in [0.4, 0.5) is 17.1 Å². The zero-order valence-corrected chi connectivity index (χ0v) is 30.5. The summed E-state index contributed by atoms with van der Waals surface area (Å²) in [6, 6.07) is 75.8. The molecule has 12 rings (SSSR count). The summed E-state index contributed by atoms with van der Waals surface area (Å²) in [5.41, 5.74) is 14.5. The van der Waals surface area contributed by atoms with E-state index in [1.807, 2.05) is 0 Å². The van der Waals surface area contributed by atoms with Crippen LogP contribution in [0.25, 0.3) is 93.2 Å². The van der Waals surface area contributed by atoms with Gasteiger partial charge in [-0.1, -0.05) is 152 Å². The third-order valence-electron chi connectivity index (χ3n) is 11.8. The summed E-state index contributed by atoms with van der Waals surface area (Å²) in [5, 5.41) is 10.1. The van der Waals surface area contributed by atoms with Crippen LogP contribution in [0, 0.1) is 0 Å². The van der Waals surface area contributed by atoms with Crippen molar-refractivity contribution in [3.63, 3.8) is 0 Å². The van der Waals surface area contributed by atoms with E-state index in [9.17, 15) is 0 Å². The van der Waals surface area contributed by atoms with Gasteiger partial charge < -0.3 is 9.47 Å². The average Bonchev–Trinajstić information content (AvgIpc) is 3.77. The van der Waals surface area contributed by atoms with Crippen molar-refractivity contribution in [3.05, 3.63) is 206 Å². The van der Waals surface area contributed by atoms with Crippen molar-refractivity contribution in [2.75, 3.05) is 4.90 Å². The molecule has 1 aliphatic carbocycles. The van der Waals surface area contributed by atoms with Crippen LogP contribution in [0.3, 0.4) is 0 Å². The third kappa shape index (κ3) is 4.57. The molecule has 0 saturated heterocycles. The molecule has 0 fully saturated rings. The zero-order valence-electron chi connectivity index (χ0n) is 30.5. The fraction of sp³-hybridized carbons (Fsp3) is 0. The van der Waals surface area contributed by atoms with Gasteiger partial charge in [-0.2, -0.15) is 0 Å². The van der Waals surface area contributed by atoms with Crippen molar-refractivity contribution < 1.29 is 0 Å². The summed E-state index contributed by atoms with van der Waals surface area (Å²) in [5.74, 6) is 0. The van der Waals surface area contributed by atoms with Crippen molar-refractivity contribution in [1.82, 2.24) is 4.57 Å². The fourth-order valence-corrected chi connectivity index (χ4v) is 9.39. The van der Waals surface area contributed by atoms with Gasteiger partial charge in [0.1, 0.15) is 0 Å². The average molecular weight is 711 g/mol. The van der Waals surface area contributed by atoms with Gasteiger partial charge in [-0.3, -0.25) is 0 Å². The molecule has 0 saturated carbocycles. The molecule has 0 spiro atoms. The number of hydrogen-bond donors (Lipinski definition) is 0. The summed E-state index contributed by atoms with van der Waals surface area (Å²) in [7, 11) is 0. The number of benzene rings is 10. The molecule has 260 valence electrons. The van der Waals surface area contributed by atoms with Crippen LogP contribution in [0.5, 0.6) is 0 Å². The number of anilines is 3. The third-order valence-corrected chi connectivity index (χ3v) is 11.8. The van der Waals surface area contributed by atoms with E-state index in [0.717, 1.165) is 22.7 Å². The van der Waals surface area contributed by atoms with E-state index in [2.05, 4.69) is 216 Å². The molecule has 0 bridgehead atoms. The highest BCUT2D eigenvalue weighted by molar-refractivity contribution is 6.24. The largest absolute Gasteiger partial charge is 0.310 e. The Labute approximate surface area is 324 Å². The van der Waals surface area contributed by atoms with E-state index >= 15 is 0 Å². The second-order valence-corrected chi connectivity index (χ2v) is 14.9. The fourth-order valence-electron chi connectivity index (χ4n) is 9.39. The van der Waals surface area contributed by atoms with E-state index in [-0.39, 0.29) is 0 Å². The van der Waals surface area contributed by atoms with Crippen LogP contribution in [-0.2, 0) is 0 Å². The molecule has 0 atom stereocenters. The quantitative estimate of drug-likeness (QED) is 0.161. The molecule has 1 heterocycles. The Kier molecular flexibility index (Phi) is 6.66. The van der Waals surface area contributed by atoms with Crippen molar-refractivity contribution in [3.8, 4) is 39.1 Å². The molecule has 0 amide bonds. The van der Waals surface area contributed by atoms with Crippen LogP contribution in [0.2, 0.25) is 0 Å². The standard InChI is InChI=1S/C54H34N2/c1-2-14-36(15-3-1)43-19-8-10-23-50(43)56-51-24-11-9-21-45(51)46-29-27-42(34-52(46)56)55(40-26-25-35-13-4-5-16-37(35)32-40)41-28-30-48-49(33-41)47-22-12-18-39-31-38-17-6-7-20-44(38)54(48)53(39)47/h1-34H. The molecule has 2 nitrogen and oxygen atoms in total. The molecule has 0 radical (unpaired) electrons. The second kappa shape index (κ2) is 12.0. The Morgan fingerprint density at radius 1 is 0.321 bits per heavy atom. The van der Waals surface area contributed by atoms with Gasteiger partial charge in [0.05, 0.1) is 16.7 Å². The number of para-hydroxylation sites is 2. The molecule has 0 N–H and O–H groups in total. The molecule has 0 aliphatic heterocycles. The minimum atomic E-state index is 1.10. The summed E-state index contributed by atoms with van der Waals surface area (Å²) < 4.78 is 2.46. The predicted octanol–water partition coefficient (Wildman–Crippen LogP) is 15.0. The Balaban J connectivity index is 1.12. The maximum absolute atomic E-state index is 2.46. The lowest BCUT2D eigenvalue weighted by molar-refractivity contribution is 1.18. The van der Waals surface area contributed by atoms with Crippen LogP contribution < -0.4 is 4.90 Å². The van der Waals surface area contributed by atoms with Gasteiger partial charge in [-0.25, -0.2) is 0 Å². The molecule has 2 heteroatoms. The highest BCUT2D eigenvalue weighted by Crippen LogP contribution is 2.52. The lowest BCUT2D eigenvalue weighted by atomic mass is 9.96. The first-order chi connectivity index (χ1) is 27.8. The smallest absolute Gasteiger partial charge is 0.0562 e.